The number of hydrogen-bond donors (Lipinski definition) is 1. The zero-order valence-electron chi connectivity index (χ0n) is 14.8. The van der Waals surface area contributed by atoms with E-state index >= 15 is 0 Å². The fourth-order valence-corrected chi connectivity index (χ4v) is 4.68. The van der Waals surface area contributed by atoms with Gasteiger partial charge in [-0.15, -0.1) is 0 Å². The van der Waals surface area contributed by atoms with Crippen LogP contribution in [0.2, 0.25) is 0 Å². The largest absolute Gasteiger partial charge is 0.455 e. The van der Waals surface area contributed by atoms with E-state index in [1.165, 1.54) is 0 Å². The number of fused-ring (bicyclic) bond motifs is 2. The Morgan fingerprint density at radius 2 is 1.78 bits per heavy atom. The molecule has 4 rings (SSSR count). The highest BCUT2D eigenvalue weighted by atomic mass is 32.2. The third-order valence-corrected chi connectivity index (χ3v) is 6.14. The molecule has 2 bridgehead atoms. The lowest BCUT2D eigenvalue weighted by Crippen LogP contribution is -2.26. The number of carbonyl (C=O) groups is 2. The van der Waals surface area contributed by atoms with Crippen LogP contribution in [0.3, 0.4) is 0 Å². The van der Waals surface area contributed by atoms with Crippen LogP contribution in [0.4, 0.5) is 5.69 Å². The molecule has 1 fully saturated rings. The Kier molecular flexibility index (Phi) is 5.30. The summed E-state index contributed by atoms with van der Waals surface area (Å²) in [5, 5.41) is 2.86. The first-order valence-electron chi connectivity index (χ1n) is 9.16. The number of anilines is 1. The normalized spacial score (nSPS) is 22.6. The van der Waals surface area contributed by atoms with E-state index in [-0.39, 0.29) is 30.3 Å². The quantitative estimate of drug-likeness (QED) is 0.592. The molecule has 0 aliphatic heterocycles. The van der Waals surface area contributed by atoms with Gasteiger partial charge in [0.05, 0.1) is 11.6 Å². The van der Waals surface area contributed by atoms with Crippen molar-refractivity contribution in [2.75, 3.05) is 11.9 Å². The predicted octanol–water partition coefficient (Wildman–Crippen LogP) is 4.53. The Bertz CT molecular complexity index is 865. The van der Waals surface area contributed by atoms with Crippen molar-refractivity contribution in [3.8, 4) is 0 Å². The first kappa shape index (κ1) is 17.9. The average molecular weight is 379 g/mol. The Morgan fingerprint density at radius 1 is 1.00 bits per heavy atom. The summed E-state index contributed by atoms with van der Waals surface area (Å²) in [4.78, 5) is 26.6. The standard InChI is InChI=1S/C22H21NO3S/c24-21(14-26-22(25)18-13-15-10-11-16(18)12-15)23-19-8-4-5-9-20(19)27-17-6-2-1-3-7-17/h1-11,15-16,18H,12-14H2,(H,23,24)/t15-,16-,18+/m0/s1. The van der Waals surface area contributed by atoms with Crippen molar-refractivity contribution < 1.29 is 14.3 Å². The fraction of sp³-hybridized carbons (Fsp3) is 0.273. The number of allylic oxidation sites excluding steroid dienone is 2. The van der Waals surface area contributed by atoms with Gasteiger partial charge in [-0.1, -0.05) is 54.2 Å². The van der Waals surface area contributed by atoms with Gasteiger partial charge in [-0.2, -0.15) is 0 Å². The van der Waals surface area contributed by atoms with Gasteiger partial charge in [-0.05, 0) is 48.9 Å². The van der Waals surface area contributed by atoms with E-state index in [0.29, 0.717) is 5.92 Å². The maximum absolute atomic E-state index is 12.3. The van der Waals surface area contributed by atoms with Crippen molar-refractivity contribution in [1.29, 1.82) is 0 Å². The van der Waals surface area contributed by atoms with Gasteiger partial charge in [0.1, 0.15) is 0 Å². The van der Waals surface area contributed by atoms with Crippen molar-refractivity contribution in [2.24, 2.45) is 17.8 Å². The van der Waals surface area contributed by atoms with Gasteiger partial charge in [-0.25, -0.2) is 0 Å². The van der Waals surface area contributed by atoms with Crippen molar-refractivity contribution in [1.82, 2.24) is 0 Å². The molecule has 27 heavy (non-hydrogen) atoms. The monoisotopic (exact) mass is 379 g/mol. The van der Waals surface area contributed by atoms with Gasteiger partial charge in [0.25, 0.3) is 5.91 Å². The maximum Gasteiger partial charge on any atom is 0.310 e. The number of ether oxygens (including phenoxy) is 1. The van der Waals surface area contributed by atoms with Crippen molar-refractivity contribution in [2.45, 2.75) is 22.6 Å². The van der Waals surface area contributed by atoms with Crippen LogP contribution >= 0.6 is 11.8 Å². The summed E-state index contributed by atoms with van der Waals surface area (Å²) in [6, 6.07) is 17.6. The smallest absolute Gasteiger partial charge is 0.310 e. The van der Waals surface area contributed by atoms with E-state index < -0.39 is 0 Å². The molecular formula is C22H21NO3S. The molecule has 138 valence electrons. The van der Waals surface area contributed by atoms with E-state index in [0.717, 1.165) is 28.3 Å². The highest BCUT2D eigenvalue weighted by Crippen LogP contribution is 2.43. The number of benzene rings is 2. The van der Waals surface area contributed by atoms with Gasteiger partial charge in [0.2, 0.25) is 0 Å². The Hall–Kier alpha value is -2.53. The zero-order valence-corrected chi connectivity index (χ0v) is 15.7. The van der Waals surface area contributed by atoms with Gasteiger partial charge >= 0.3 is 5.97 Å². The second-order valence-corrected chi connectivity index (χ2v) is 8.07. The molecule has 2 aromatic rings. The van der Waals surface area contributed by atoms with Gasteiger partial charge in [-0.3, -0.25) is 9.59 Å². The molecule has 1 amide bonds. The van der Waals surface area contributed by atoms with E-state index in [1.54, 1.807) is 11.8 Å². The molecule has 3 atom stereocenters. The van der Waals surface area contributed by atoms with E-state index in [1.807, 2.05) is 54.6 Å². The lowest BCUT2D eigenvalue weighted by Gasteiger charge is -2.16. The average Bonchev–Trinajstić information content (AvgIpc) is 3.32. The number of nitrogens with one attached hydrogen (secondary N) is 1. The predicted molar refractivity (Wildman–Crippen MR) is 105 cm³/mol. The molecule has 2 aliphatic carbocycles. The van der Waals surface area contributed by atoms with Crippen molar-refractivity contribution in [3.63, 3.8) is 0 Å². The molecular weight excluding hydrogens is 358 g/mol. The first-order valence-corrected chi connectivity index (χ1v) is 9.97. The van der Waals surface area contributed by atoms with Crippen LogP contribution in [0.25, 0.3) is 0 Å². The van der Waals surface area contributed by atoms with Crippen LogP contribution in [0.1, 0.15) is 12.8 Å². The summed E-state index contributed by atoms with van der Waals surface area (Å²) in [6.07, 6.45) is 6.17. The molecule has 0 heterocycles. The molecule has 2 aliphatic rings. The Morgan fingerprint density at radius 3 is 2.52 bits per heavy atom. The molecule has 0 spiro atoms. The third kappa shape index (κ3) is 4.25. The molecule has 0 unspecified atom stereocenters. The minimum absolute atomic E-state index is 0.0891. The van der Waals surface area contributed by atoms with E-state index in [9.17, 15) is 9.59 Å². The number of amides is 1. The Balaban J connectivity index is 1.33. The van der Waals surface area contributed by atoms with Crippen LogP contribution in [0.5, 0.6) is 0 Å². The lowest BCUT2D eigenvalue weighted by molar-refractivity contribution is -0.152. The number of rotatable bonds is 6. The Labute approximate surface area is 163 Å². The highest BCUT2D eigenvalue weighted by Gasteiger charge is 2.40. The molecule has 2 aromatic carbocycles. The second kappa shape index (κ2) is 8.01. The minimum atomic E-state index is -0.317. The molecule has 0 aromatic heterocycles. The van der Waals surface area contributed by atoms with Crippen LogP contribution in [0.15, 0.2) is 76.5 Å². The van der Waals surface area contributed by atoms with Crippen LogP contribution in [0, 0.1) is 17.8 Å². The summed E-state index contributed by atoms with van der Waals surface area (Å²) < 4.78 is 5.28. The number of esters is 1. The zero-order chi connectivity index (χ0) is 18.6. The SMILES string of the molecule is O=C(COC(=O)[C@@H]1C[C@H]2C=C[C@H]1C2)Nc1ccccc1Sc1ccccc1. The maximum atomic E-state index is 12.3. The van der Waals surface area contributed by atoms with Gasteiger partial charge in [0, 0.05) is 9.79 Å². The van der Waals surface area contributed by atoms with Crippen LogP contribution < -0.4 is 5.32 Å². The van der Waals surface area contributed by atoms with Crippen LogP contribution in [-0.2, 0) is 14.3 Å². The number of carbonyl (C=O) groups excluding carboxylic acids is 2. The van der Waals surface area contributed by atoms with Crippen LogP contribution in [-0.4, -0.2) is 18.5 Å². The van der Waals surface area contributed by atoms with Crippen molar-refractivity contribution >= 4 is 29.3 Å². The van der Waals surface area contributed by atoms with E-state index in [2.05, 4.69) is 17.5 Å². The molecule has 4 nitrogen and oxygen atoms in total. The van der Waals surface area contributed by atoms with E-state index in [4.69, 9.17) is 4.74 Å². The summed E-state index contributed by atoms with van der Waals surface area (Å²) in [5.41, 5.74) is 0.718. The third-order valence-electron chi connectivity index (χ3n) is 5.06. The van der Waals surface area contributed by atoms with Gasteiger partial charge < -0.3 is 10.1 Å². The van der Waals surface area contributed by atoms with Crippen molar-refractivity contribution in [3.05, 3.63) is 66.7 Å². The molecule has 5 heteroatoms. The minimum Gasteiger partial charge on any atom is -0.455 e. The summed E-state index contributed by atoms with van der Waals surface area (Å²) in [5.74, 6) is 0.127. The summed E-state index contributed by atoms with van der Waals surface area (Å²) >= 11 is 1.58. The summed E-state index contributed by atoms with van der Waals surface area (Å²) in [6.45, 7) is -0.249. The number of para-hydroxylation sites is 1. The van der Waals surface area contributed by atoms with Gasteiger partial charge in [0.15, 0.2) is 6.61 Å². The first-order chi connectivity index (χ1) is 13.2. The highest BCUT2D eigenvalue weighted by molar-refractivity contribution is 7.99. The molecule has 0 radical (unpaired) electrons. The lowest BCUT2D eigenvalue weighted by atomic mass is 9.94. The second-order valence-electron chi connectivity index (χ2n) is 6.95. The molecule has 0 saturated heterocycles. The topological polar surface area (TPSA) is 55.4 Å². The fourth-order valence-electron chi connectivity index (χ4n) is 3.76. The molecule has 1 N–H and O–H groups in total. The molecule has 1 saturated carbocycles. The number of hydrogen-bond acceptors (Lipinski definition) is 4. The summed E-state index contributed by atoms with van der Waals surface area (Å²) in [7, 11) is 0.